The van der Waals surface area contributed by atoms with Crippen molar-refractivity contribution in [1.29, 1.82) is 0 Å². The maximum atomic E-state index is 11.8. The van der Waals surface area contributed by atoms with Crippen LogP contribution < -0.4 is 9.47 Å². The molecule has 6 heteroatoms. The first-order valence-corrected chi connectivity index (χ1v) is 7.11. The van der Waals surface area contributed by atoms with Crippen molar-refractivity contribution < 1.29 is 19.4 Å². The third-order valence-corrected chi connectivity index (χ3v) is 3.55. The third-order valence-electron chi connectivity index (χ3n) is 3.55. The Morgan fingerprint density at radius 1 is 1.26 bits per heavy atom. The molecule has 1 aromatic heterocycles. The van der Waals surface area contributed by atoms with Gasteiger partial charge in [0.1, 0.15) is 17.5 Å². The lowest BCUT2D eigenvalue weighted by atomic mass is 10.0. The number of carboxylic acids is 1. The van der Waals surface area contributed by atoms with Crippen LogP contribution in [0.25, 0.3) is 0 Å². The summed E-state index contributed by atoms with van der Waals surface area (Å²) in [6.07, 6.45) is 1.69. The molecule has 0 saturated heterocycles. The molecule has 0 amide bonds. The van der Waals surface area contributed by atoms with Gasteiger partial charge in [0.2, 0.25) is 0 Å². The zero-order valence-corrected chi connectivity index (χ0v) is 13.4. The topological polar surface area (TPSA) is 71.9 Å². The van der Waals surface area contributed by atoms with Gasteiger partial charge in [-0.3, -0.25) is 14.7 Å². The summed E-state index contributed by atoms with van der Waals surface area (Å²) in [6.45, 7) is 0.410. The summed E-state index contributed by atoms with van der Waals surface area (Å²) in [7, 11) is 4.81. The second-order valence-electron chi connectivity index (χ2n) is 5.08. The molecule has 0 saturated carbocycles. The fourth-order valence-electron chi connectivity index (χ4n) is 2.44. The van der Waals surface area contributed by atoms with Crippen LogP contribution in [0.1, 0.15) is 17.3 Å². The molecule has 0 aliphatic heterocycles. The van der Waals surface area contributed by atoms with Gasteiger partial charge >= 0.3 is 5.97 Å². The number of methoxy groups -OCH3 is 2. The van der Waals surface area contributed by atoms with E-state index in [-0.39, 0.29) is 0 Å². The summed E-state index contributed by atoms with van der Waals surface area (Å²) in [5.74, 6) is 0.138. The lowest BCUT2D eigenvalue weighted by Gasteiger charge is -2.26. The molecule has 2 aromatic rings. The highest BCUT2D eigenvalue weighted by Crippen LogP contribution is 2.32. The minimum Gasteiger partial charge on any atom is -0.497 e. The first kappa shape index (κ1) is 16.8. The van der Waals surface area contributed by atoms with E-state index in [0.717, 1.165) is 5.69 Å². The lowest BCUT2D eigenvalue weighted by molar-refractivity contribution is -0.143. The SMILES string of the molecule is COc1ccc([C@@H](C(=O)O)N(C)Cc2ccccn2)c(OC)c1. The van der Waals surface area contributed by atoms with Crippen molar-refractivity contribution in [2.24, 2.45) is 0 Å². The molecule has 0 aliphatic carbocycles. The third kappa shape index (κ3) is 3.98. The normalized spacial score (nSPS) is 12.0. The van der Waals surface area contributed by atoms with Crippen LogP contribution >= 0.6 is 0 Å². The molecule has 23 heavy (non-hydrogen) atoms. The molecule has 0 radical (unpaired) electrons. The highest BCUT2D eigenvalue weighted by atomic mass is 16.5. The number of carbonyl (C=O) groups is 1. The molecule has 2 rings (SSSR count). The van der Waals surface area contributed by atoms with Crippen LogP contribution in [0.2, 0.25) is 0 Å². The molecular formula is C17H20N2O4. The number of carboxylic acid groups (broad SMARTS) is 1. The summed E-state index contributed by atoms with van der Waals surface area (Å²) >= 11 is 0. The summed E-state index contributed by atoms with van der Waals surface area (Å²) < 4.78 is 10.5. The van der Waals surface area contributed by atoms with Crippen molar-refractivity contribution in [3.63, 3.8) is 0 Å². The number of aliphatic carboxylic acids is 1. The Bertz CT molecular complexity index is 661. The lowest BCUT2D eigenvalue weighted by Crippen LogP contribution is -2.31. The van der Waals surface area contributed by atoms with Gasteiger partial charge in [0.15, 0.2) is 0 Å². The average Bonchev–Trinajstić information content (AvgIpc) is 2.55. The van der Waals surface area contributed by atoms with E-state index in [4.69, 9.17) is 9.47 Å². The summed E-state index contributed by atoms with van der Waals surface area (Å²) in [5.41, 5.74) is 1.37. The van der Waals surface area contributed by atoms with Gasteiger partial charge in [0.25, 0.3) is 0 Å². The monoisotopic (exact) mass is 316 g/mol. The largest absolute Gasteiger partial charge is 0.497 e. The number of hydrogen-bond acceptors (Lipinski definition) is 5. The van der Waals surface area contributed by atoms with Crippen LogP contribution in [0.3, 0.4) is 0 Å². The standard InChI is InChI=1S/C17H20N2O4/c1-19(11-12-6-4-5-9-18-12)16(17(20)21)14-8-7-13(22-2)10-15(14)23-3/h4-10,16H,11H2,1-3H3,(H,20,21)/t16-/m0/s1. The van der Waals surface area contributed by atoms with Crippen LogP contribution in [-0.2, 0) is 11.3 Å². The Hall–Kier alpha value is -2.60. The van der Waals surface area contributed by atoms with Gasteiger partial charge in [0.05, 0.1) is 19.9 Å². The van der Waals surface area contributed by atoms with Crippen molar-refractivity contribution in [2.75, 3.05) is 21.3 Å². The molecule has 6 nitrogen and oxygen atoms in total. The summed E-state index contributed by atoms with van der Waals surface area (Å²) in [6, 6.07) is 9.83. The number of hydrogen-bond donors (Lipinski definition) is 1. The van der Waals surface area contributed by atoms with E-state index in [9.17, 15) is 9.90 Å². The van der Waals surface area contributed by atoms with Gasteiger partial charge in [-0.1, -0.05) is 6.07 Å². The molecule has 1 atom stereocenters. The Kier molecular flexibility index (Phi) is 5.54. The van der Waals surface area contributed by atoms with Crippen molar-refractivity contribution in [1.82, 2.24) is 9.88 Å². The Morgan fingerprint density at radius 2 is 2.04 bits per heavy atom. The number of ether oxygens (including phenoxy) is 2. The fourth-order valence-corrected chi connectivity index (χ4v) is 2.44. The zero-order chi connectivity index (χ0) is 16.8. The molecule has 0 fully saturated rings. The van der Waals surface area contributed by atoms with E-state index in [1.165, 1.54) is 7.11 Å². The smallest absolute Gasteiger partial charge is 0.325 e. The summed E-state index contributed by atoms with van der Waals surface area (Å²) in [4.78, 5) is 17.8. The molecule has 1 aromatic carbocycles. The number of nitrogens with zero attached hydrogens (tertiary/aromatic N) is 2. The van der Waals surface area contributed by atoms with Crippen molar-refractivity contribution in [3.05, 3.63) is 53.9 Å². The van der Waals surface area contributed by atoms with Crippen molar-refractivity contribution >= 4 is 5.97 Å². The van der Waals surface area contributed by atoms with Crippen LogP contribution in [0, 0.1) is 0 Å². The first-order valence-electron chi connectivity index (χ1n) is 7.11. The maximum absolute atomic E-state index is 11.8. The quantitative estimate of drug-likeness (QED) is 0.845. The minimum absolute atomic E-state index is 0.410. The van der Waals surface area contributed by atoms with Crippen LogP contribution in [0.15, 0.2) is 42.6 Å². The number of aromatic nitrogens is 1. The average molecular weight is 316 g/mol. The van der Waals surface area contributed by atoms with Gasteiger partial charge in [0, 0.05) is 24.4 Å². The van der Waals surface area contributed by atoms with E-state index >= 15 is 0 Å². The molecule has 0 unspecified atom stereocenters. The van der Waals surface area contributed by atoms with E-state index < -0.39 is 12.0 Å². The minimum atomic E-state index is -0.952. The van der Waals surface area contributed by atoms with E-state index in [1.54, 1.807) is 43.5 Å². The second kappa shape index (κ2) is 7.60. The van der Waals surface area contributed by atoms with Gasteiger partial charge in [-0.15, -0.1) is 0 Å². The van der Waals surface area contributed by atoms with Crippen molar-refractivity contribution in [2.45, 2.75) is 12.6 Å². The van der Waals surface area contributed by atoms with Gasteiger partial charge in [-0.25, -0.2) is 0 Å². The predicted octanol–water partition coefficient (Wildman–Crippen LogP) is 2.36. The Labute approximate surface area is 135 Å². The van der Waals surface area contributed by atoms with E-state index in [2.05, 4.69) is 4.98 Å². The maximum Gasteiger partial charge on any atom is 0.325 e. The highest BCUT2D eigenvalue weighted by molar-refractivity contribution is 5.77. The number of likely N-dealkylation sites (N-methyl/N-ethyl adjacent to an activating group) is 1. The van der Waals surface area contributed by atoms with E-state index in [1.807, 2.05) is 18.2 Å². The van der Waals surface area contributed by atoms with Gasteiger partial charge in [-0.2, -0.15) is 0 Å². The van der Waals surface area contributed by atoms with Crippen LogP contribution in [0.5, 0.6) is 11.5 Å². The highest BCUT2D eigenvalue weighted by Gasteiger charge is 2.28. The first-order chi connectivity index (χ1) is 11.1. The molecule has 1 heterocycles. The van der Waals surface area contributed by atoms with Crippen LogP contribution in [0.4, 0.5) is 0 Å². The van der Waals surface area contributed by atoms with Crippen molar-refractivity contribution in [3.8, 4) is 11.5 Å². The van der Waals surface area contributed by atoms with Gasteiger partial charge in [-0.05, 0) is 31.3 Å². The molecular weight excluding hydrogens is 296 g/mol. The number of benzene rings is 1. The fraction of sp³-hybridized carbons (Fsp3) is 0.294. The Morgan fingerprint density at radius 3 is 2.61 bits per heavy atom. The molecule has 0 spiro atoms. The van der Waals surface area contributed by atoms with Crippen LogP contribution in [-0.4, -0.2) is 42.2 Å². The molecule has 0 bridgehead atoms. The second-order valence-corrected chi connectivity index (χ2v) is 5.08. The Balaban J connectivity index is 2.33. The molecule has 0 aliphatic rings. The zero-order valence-electron chi connectivity index (χ0n) is 13.4. The predicted molar refractivity (Wildman–Crippen MR) is 85.6 cm³/mol. The van der Waals surface area contributed by atoms with Gasteiger partial charge < -0.3 is 14.6 Å². The molecule has 122 valence electrons. The van der Waals surface area contributed by atoms with E-state index in [0.29, 0.717) is 23.6 Å². The number of rotatable bonds is 7. The molecule has 1 N–H and O–H groups in total. The summed E-state index contributed by atoms with van der Waals surface area (Å²) in [5, 5.41) is 9.67. The number of pyridine rings is 1.